The van der Waals surface area contributed by atoms with E-state index in [4.69, 9.17) is 4.74 Å². The van der Waals surface area contributed by atoms with Crippen LogP contribution in [0.5, 0.6) is 0 Å². The van der Waals surface area contributed by atoms with Gasteiger partial charge in [-0.1, -0.05) is 63.4 Å². The van der Waals surface area contributed by atoms with Gasteiger partial charge in [0.2, 0.25) is 6.10 Å². The minimum Gasteiger partial charge on any atom is -0.444 e. The number of hydrogen-bond donors (Lipinski definition) is 1. The number of carbonyl (C=O) groups is 2. The highest BCUT2D eigenvalue weighted by atomic mass is 19.1. The fourth-order valence-electron chi connectivity index (χ4n) is 4.53. The lowest BCUT2D eigenvalue weighted by atomic mass is 9.95. The Bertz CT molecular complexity index is 1150. The standard InChI is InChI=1S/C28H31FN2O3/c1-18(2)16-22-17-24(23-10-6-7-11-25(23)30-22)28(33)34-26(19-12-14-20(29)15-13-19)27(32)31-21-8-4-3-5-9-21/h6-7,10-15,17-18,21,26H,3-5,8-9,16H2,1-2H3,(H,31,32)/t26-/m0/s1. The summed E-state index contributed by atoms with van der Waals surface area (Å²) < 4.78 is 19.4. The van der Waals surface area contributed by atoms with Crippen LogP contribution in [0.4, 0.5) is 4.39 Å². The minimum absolute atomic E-state index is 0.0577. The molecule has 0 spiro atoms. The number of aromatic nitrogens is 1. The summed E-state index contributed by atoms with van der Waals surface area (Å²) in [5, 5.41) is 3.71. The molecule has 1 aliphatic carbocycles. The summed E-state index contributed by atoms with van der Waals surface area (Å²) in [6, 6.07) is 14.7. The Morgan fingerprint density at radius 2 is 1.76 bits per heavy atom. The van der Waals surface area contributed by atoms with E-state index in [0.717, 1.165) is 37.8 Å². The number of nitrogens with zero attached hydrogens (tertiary/aromatic N) is 1. The first-order valence-corrected chi connectivity index (χ1v) is 12.1. The molecule has 0 radical (unpaired) electrons. The fraction of sp³-hybridized carbons (Fsp3) is 0.393. The fourth-order valence-corrected chi connectivity index (χ4v) is 4.53. The van der Waals surface area contributed by atoms with E-state index in [1.165, 1.54) is 24.3 Å². The minimum atomic E-state index is -1.17. The highest BCUT2D eigenvalue weighted by Gasteiger charge is 2.29. The van der Waals surface area contributed by atoms with Crippen LogP contribution in [-0.2, 0) is 16.0 Å². The third-order valence-corrected chi connectivity index (χ3v) is 6.19. The molecule has 1 atom stereocenters. The van der Waals surface area contributed by atoms with Gasteiger partial charge in [0.05, 0.1) is 11.1 Å². The van der Waals surface area contributed by atoms with Crippen LogP contribution in [0.1, 0.15) is 73.7 Å². The average molecular weight is 463 g/mol. The summed E-state index contributed by atoms with van der Waals surface area (Å²) in [6.45, 7) is 4.18. The Morgan fingerprint density at radius 1 is 1.06 bits per heavy atom. The van der Waals surface area contributed by atoms with Gasteiger partial charge in [0, 0.05) is 22.7 Å². The summed E-state index contributed by atoms with van der Waals surface area (Å²) >= 11 is 0. The quantitative estimate of drug-likeness (QED) is 0.443. The van der Waals surface area contributed by atoms with Gasteiger partial charge in [-0.2, -0.15) is 0 Å². The first kappa shape index (κ1) is 23.9. The molecule has 34 heavy (non-hydrogen) atoms. The molecule has 6 heteroatoms. The molecule has 1 fully saturated rings. The Morgan fingerprint density at radius 3 is 2.47 bits per heavy atom. The maximum Gasteiger partial charge on any atom is 0.340 e. The second kappa shape index (κ2) is 10.8. The number of fused-ring (bicyclic) bond motifs is 1. The number of halogens is 1. The monoisotopic (exact) mass is 462 g/mol. The number of ether oxygens (including phenoxy) is 1. The second-order valence-electron chi connectivity index (χ2n) is 9.46. The van der Waals surface area contributed by atoms with Gasteiger partial charge in [-0.05, 0) is 49.4 Å². The van der Waals surface area contributed by atoms with Gasteiger partial charge in [-0.3, -0.25) is 9.78 Å². The van der Waals surface area contributed by atoms with E-state index >= 15 is 0 Å². The third-order valence-electron chi connectivity index (χ3n) is 6.19. The van der Waals surface area contributed by atoms with Crippen molar-refractivity contribution in [1.82, 2.24) is 10.3 Å². The van der Waals surface area contributed by atoms with Crippen LogP contribution < -0.4 is 5.32 Å². The predicted molar refractivity (Wildman–Crippen MR) is 130 cm³/mol. The highest BCUT2D eigenvalue weighted by Crippen LogP contribution is 2.26. The molecule has 1 aliphatic rings. The van der Waals surface area contributed by atoms with Crippen LogP contribution in [0.3, 0.4) is 0 Å². The molecule has 1 N–H and O–H groups in total. The molecular weight excluding hydrogens is 431 g/mol. The lowest BCUT2D eigenvalue weighted by Crippen LogP contribution is -2.40. The number of amides is 1. The van der Waals surface area contributed by atoms with E-state index in [-0.39, 0.29) is 11.9 Å². The third kappa shape index (κ3) is 5.79. The van der Waals surface area contributed by atoms with Crippen molar-refractivity contribution in [1.29, 1.82) is 0 Å². The molecule has 1 heterocycles. The number of rotatable bonds is 7. The Labute approximate surface area is 199 Å². The van der Waals surface area contributed by atoms with Gasteiger partial charge >= 0.3 is 5.97 Å². The molecule has 2 aromatic carbocycles. The molecule has 0 aliphatic heterocycles. The van der Waals surface area contributed by atoms with E-state index in [9.17, 15) is 14.0 Å². The molecule has 4 rings (SSSR count). The largest absolute Gasteiger partial charge is 0.444 e. The van der Waals surface area contributed by atoms with Crippen molar-refractivity contribution in [2.45, 2.75) is 64.5 Å². The zero-order chi connectivity index (χ0) is 24.1. The van der Waals surface area contributed by atoms with Crippen molar-refractivity contribution >= 4 is 22.8 Å². The van der Waals surface area contributed by atoms with Gasteiger partial charge < -0.3 is 10.1 Å². The molecule has 0 unspecified atom stereocenters. The van der Waals surface area contributed by atoms with Crippen molar-refractivity contribution in [3.8, 4) is 0 Å². The van der Waals surface area contributed by atoms with Gasteiger partial charge in [-0.15, -0.1) is 0 Å². The maximum atomic E-state index is 13.6. The van der Waals surface area contributed by atoms with Gasteiger partial charge in [0.25, 0.3) is 5.91 Å². The summed E-state index contributed by atoms with van der Waals surface area (Å²) in [5.74, 6) is -1.03. The smallest absolute Gasteiger partial charge is 0.340 e. The SMILES string of the molecule is CC(C)Cc1cc(C(=O)O[C@H](C(=O)NC2CCCCC2)c2ccc(F)cc2)c2ccccc2n1. The number of carbonyl (C=O) groups excluding carboxylic acids is 2. The van der Waals surface area contributed by atoms with Crippen molar-refractivity contribution in [2.75, 3.05) is 0 Å². The van der Waals surface area contributed by atoms with Crippen LogP contribution in [0, 0.1) is 11.7 Å². The lowest BCUT2D eigenvalue weighted by molar-refractivity contribution is -0.131. The molecule has 1 aromatic heterocycles. The van der Waals surface area contributed by atoms with E-state index in [1.807, 2.05) is 24.3 Å². The maximum absolute atomic E-state index is 13.6. The van der Waals surface area contributed by atoms with Crippen LogP contribution >= 0.6 is 0 Å². The predicted octanol–water partition coefficient (Wildman–Crippen LogP) is 5.92. The Kier molecular flexibility index (Phi) is 7.56. The van der Waals surface area contributed by atoms with Crippen LogP contribution in [-0.4, -0.2) is 22.9 Å². The molecule has 178 valence electrons. The van der Waals surface area contributed by atoms with Crippen molar-refractivity contribution in [2.24, 2.45) is 5.92 Å². The molecule has 0 bridgehead atoms. The van der Waals surface area contributed by atoms with Crippen LogP contribution in [0.15, 0.2) is 54.6 Å². The number of nitrogens with one attached hydrogen (secondary N) is 1. The van der Waals surface area contributed by atoms with E-state index in [2.05, 4.69) is 24.1 Å². The van der Waals surface area contributed by atoms with Gasteiger partial charge in [-0.25, -0.2) is 9.18 Å². The highest BCUT2D eigenvalue weighted by molar-refractivity contribution is 6.04. The zero-order valence-corrected chi connectivity index (χ0v) is 19.7. The molecular formula is C28H31FN2O3. The zero-order valence-electron chi connectivity index (χ0n) is 19.7. The molecule has 5 nitrogen and oxygen atoms in total. The number of hydrogen-bond acceptors (Lipinski definition) is 4. The first-order chi connectivity index (χ1) is 16.4. The van der Waals surface area contributed by atoms with E-state index < -0.39 is 17.9 Å². The van der Waals surface area contributed by atoms with Crippen LogP contribution in [0.2, 0.25) is 0 Å². The lowest BCUT2D eigenvalue weighted by Gasteiger charge is -2.26. The molecule has 3 aromatic rings. The first-order valence-electron chi connectivity index (χ1n) is 12.1. The number of para-hydroxylation sites is 1. The molecule has 1 amide bonds. The summed E-state index contributed by atoms with van der Waals surface area (Å²) in [4.78, 5) is 31.4. The topological polar surface area (TPSA) is 68.3 Å². The number of benzene rings is 2. The Hall–Kier alpha value is -3.28. The summed E-state index contributed by atoms with van der Waals surface area (Å²) in [5.41, 5.74) is 2.31. The van der Waals surface area contributed by atoms with E-state index in [1.54, 1.807) is 6.07 Å². The Balaban J connectivity index is 1.65. The molecule has 1 saturated carbocycles. The number of esters is 1. The summed E-state index contributed by atoms with van der Waals surface area (Å²) in [7, 11) is 0. The average Bonchev–Trinajstić information content (AvgIpc) is 2.82. The second-order valence-corrected chi connectivity index (χ2v) is 9.46. The molecule has 0 saturated heterocycles. The number of pyridine rings is 1. The summed E-state index contributed by atoms with van der Waals surface area (Å²) in [6.07, 6.45) is 4.65. The normalized spacial score (nSPS) is 15.3. The van der Waals surface area contributed by atoms with Crippen molar-refractivity contribution in [3.63, 3.8) is 0 Å². The van der Waals surface area contributed by atoms with Crippen molar-refractivity contribution < 1.29 is 18.7 Å². The van der Waals surface area contributed by atoms with Crippen molar-refractivity contribution in [3.05, 3.63) is 77.2 Å². The van der Waals surface area contributed by atoms with Gasteiger partial charge in [0.1, 0.15) is 5.82 Å². The van der Waals surface area contributed by atoms with Crippen LogP contribution in [0.25, 0.3) is 10.9 Å². The van der Waals surface area contributed by atoms with Gasteiger partial charge in [0.15, 0.2) is 0 Å². The van der Waals surface area contributed by atoms with E-state index in [0.29, 0.717) is 34.4 Å².